The lowest BCUT2D eigenvalue weighted by Crippen LogP contribution is -2.53. The molecule has 0 radical (unpaired) electrons. The molecule has 2 amide bonds. The molecule has 2 saturated heterocycles. The number of sulfonamides is 1. The smallest absolute Gasteiger partial charge is 0.243 e. The van der Waals surface area contributed by atoms with Crippen LogP contribution in [0.1, 0.15) is 52.0 Å². The van der Waals surface area contributed by atoms with E-state index in [4.69, 9.17) is 0 Å². The summed E-state index contributed by atoms with van der Waals surface area (Å²) in [6.45, 7) is 10.7. The number of carbonyl (C=O) groups is 2. The Balaban J connectivity index is 1.43. The van der Waals surface area contributed by atoms with Gasteiger partial charge in [-0.3, -0.25) is 14.5 Å². The molecule has 2 heterocycles. The van der Waals surface area contributed by atoms with E-state index in [0.717, 1.165) is 38.0 Å². The summed E-state index contributed by atoms with van der Waals surface area (Å²) in [5, 5.41) is 0. The second kappa shape index (κ2) is 12.1. The molecule has 2 aliphatic rings. The van der Waals surface area contributed by atoms with E-state index in [1.54, 1.807) is 24.3 Å². The van der Waals surface area contributed by atoms with E-state index in [1.807, 2.05) is 23.6 Å². The van der Waals surface area contributed by atoms with Gasteiger partial charge in [-0.1, -0.05) is 26.0 Å². The molecule has 0 aliphatic carbocycles. The Kier molecular flexibility index (Phi) is 9.50. The summed E-state index contributed by atoms with van der Waals surface area (Å²) < 4.78 is 26.7. The third-order valence-electron chi connectivity index (χ3n) is 7.10. The summed E-state index contributed by atoms with van der Waals surface area (Å²) >= 11 is 0. The molecule has 1 atom stereocenters. The van der Waals surface area contributed by atoms with Gasteiger partial charge in [0, 0.05) is 58.3 Å². The molecule has 1 unspecified atom stereocenters. The van der Waals surface area contributed by atoms with Crippen molar-refractivity contribution in [2.45, 2.75) is 63.8 Å². The highest BCUT2D eigenvalue weighted by molar-refractivity contribution is 7.89. The maximum atomic E-state index is 12.7. The number of hydrogen-bond acceptors (Lipinski definition) is 5. The minimum atomic E-state index is -3.46. The maximum Gasteiger partial charge on any atom is 0.243 e. The van der Waals surface area contributed by atoms with Gasteiger partial charge in [-0.2, -0.15) is 4.31 Å². The van der Waals surface area contributed by atoms with Crippen LogP contribution in [0.5, 0.6) is 0 Å². The van der Waals surface area contributed by atoms with Crippen LogP contribution >= 0.6 is 0 Å². The predicted octanol–water partition coefficient (Wildman–Crippen LogP) is 2.19. The zero-order chi connectivity index (χ0) is 24.7. The van der Waals surface area contributed by atoms with Crippen LogP contribution in [0.25, 0.3) is 0 Å². The van der Waals surface area contributed by atoms with E-state index < -0.39 is 10.0 Å². The van der Waals surface area contributed by atoms with Crippen molar-refractivity contribution in [2.24, 2.45) is 0 Å². The molecule has 190 valence electrons. The van der Waals surface area contributed by atoms with Crippen molar-refractivity contribution in [1.82, 2.24) is 19.0 Å². The van der Waals surface area contributed by atoms with Crippen molar-refractivity contribution in [1.29, 1.82) is 0 Å². The Bertz CT molecular complexity index is 923. The van der Waals surface area contributed by atoms with E-state index in [-0.39, 0.29) is 16.7 Å². The number of benzene rings is 1. The summed E-state index contributed by atoms with van der Waals surface area (Å²) in [6, 6.07) is 7.19. The quantitative estimate of drug-likeness (QED) is 0.528. The van der Waals surface area contributed by atoms with Crippen molar-refractivity contribution < 1.29 is 18.0 Å². The fourth-order valence-corrected chi connectivity index (χ4v) is 6.31. The Morgan fingerprint density at radius 1 is 0.941 bits per heavy atom. The van der Waals surface area contributed by atoms with Crippen LogP contribution in [-0.4, -0.2) is 97.6 Å². The maximum absolute atomic E-state index is 12.7. The molecule has 9 heteroatoms. The Morgan fingerprint density at radius 2 is 1.59 bits per heavy atom. The van der Waals surface area contributed by atoms with Crippen LogP contribution in [0.2, 0.25) is 0 Å². The Hall–Kier alpha value is -1.97. The molecule has 2 fully saturated rings. The molecule has 0 N–H and O–H groups in total. The molecule has 3 rings (SSSR count). The van der Waals surface area contributed by atoms with Crippen LogP contribution < -0.4 is 0 Å². The lowest BCUT2D eigenvalue weighted by atomic mass is 10.0. The normalized spacial score (nSPS) is 20.1. The predicted molar refractivity (Wildman–Crippen MR) is 133 cm³/mol. The van der Waals surface area contributed by atoms with Gasteiger partial charge in [-0.15, -0.1) is 0 Å². The van der Waals surface area contributed by atoms with Crippen molar-refractivity contribution in [3.63, 3.8) is 0 Å². The largest absolute Gasteiger partial charge is 0.340 e. The summed E-state index contributed by atoms with van der Waals surface area (Å²) in [6.07, 6.45) is 4.35. The van der Waals surface area contributed by atoms with Crippen LogP contribution in [0.4, 0.5) is 0 Å². The molecule has 0 bridgehead atoms. The summed E-state index contributed by atoms with van der Waals surface area (Å²) in [4.78, 5) is 31.7. The number of nitrogens with zero attached hydrogens (tertiary/aromatic N) is 4. The third-order valence-corrected chi connectivity index (χ3v) is 9.17. The fraction of sp³-hybridized carbons (Fsp3) is 0.680. The second-order valence-electron chi connectivity index (χ2n) is 9.32. The molecule has 0 saturated carbocycles. The fourth-order valence-electron chi connectivity index (χ4n) is 4.86. The van der Waals surface area contributed by atoms with Gasteiger partial charge in [0.15, 0.2) is 0 Å². The monoisotopic (exact) mass is 492 g/mol. The topological polar surface area (TPSA) is 81.2 Å². The zero-order valence-electron chi connectivity index (χ0n) is 20.9. The van der Waals surface area contributed by atoms with Crippen LogP contribution in [0, 0.1) is 0 Å². The molecule has 0 aromatic heterocycles. The molecule has 2 aliphatic heterocycles. The van der Waals surface area contributed by atoms with Crippen molar-refractivity contribution in [3.8, 4) is 0 Å². The van der Waals surface area contributed by atoms with Gasteiger partial charge >= 0.3 is 0 Å². The first-order valence-corrected chi connectivity index (χ1v) is 14.1. The number of piperidine rings is 1. The van der Waals surface area contributed by atoms with Gasteiger partial charge in [-0.25, -0.2) is 8.42 Å². The number of amides is 2. The van der Waals surface area contributed by atoms with Crippen molar-refractivity contribution >= 4 is 21.8 Å². The minimum Gasteiger partial charge on any atom is -0.340 e. The van der Waals surface area contributed by atoms with Gasteiger partial charge in [-0.05, 0) is 50.3 Å². The second-order valence-corrected chi connectivity index (χ2v) is 11.3. The van der Waals surface area contributed by atoms with Gasteiger partial charge in [0.2, 0.25) is 21.8 Å². The number of aryl methyl sites for hydroxylation is 1. The SMILES string of the molecule is CCN(CC)S(=O)(=O)c1ccc(CCC(=O)N2CCN(CC(=O)N3CCCCC3C)CC2)cc1. The summed E-state index contributed by atoms with van der Waals surface area (Å²) in [5.41, 5.74) is 0.951. The number of rotatable bonds is 9. The number of carbonyl (C=O) groups excluding carboxylic acids is 2. The first-order chi connectivity index (χ1) is 16.3. The van der Waals surface area contributed by atoms with Crippen molar-refractivity contribution in [2.75, 3.05) is 52.4 Å². The highest BCUT2D eigenvalue weighted by Gasteiger charge is 2.27. The number of hydrogen-bond donors (Lipinski definition) is 0. The highest BCUT2D eigenvalue weighted by atomic mass is 32.2. The molecular weight excluding hydrogens is 452 g/mol. The van der Waals surface area contributed by atoms with E-state index in [9.17, 15) is 18.0 Å². The molecule has 8 nitrogen and oxygen atoms in total. The van der Waals surface area contributed by atoms with Gasteiger partial charge in [0.1, 0.15) is 0 Å². The number of piperazine rings is 1. The van der Waals surface area contributed by atoms with Crippen LogP contribution in [-0.2, 0) is 26.0 Å². The summed E-state index contributed by atoms with van der Waals surface area (Å²) in [7, 11) is -3.46. The van der Waals surface area contributed by atoms with E-state index in [0.29, 0.717) is 51.6 Å². The van der Waals surface area contributed by atoms with Crippen LogP contribution in [0.15, 0.2) is 29.2 Å². The third kappa shape index (κ3) is 6.58. The molecule has 1 aromatic rings. The first kappa shape index (κ1) is 26.6. The van der Waals surface area contributed by atoms with Gasteiger partial charge in [0.05, 0.1) is 11.4 Å². The first-order valence-electron chi connectivity index (χ1n) is 12.6. The van der Waals surface area contributed by atoms with Gasteiger partial charge in [0.25, 0.3) is 0 Å². The van der Waals surface area contributed by atoms with E-state index >= 15 is 0 Å². The molecular formula is C25H40N4O4S. The molecule has 1 aromatic carbocycles. The molecule has 0 spiro atoms. The van der Waals surface area contributed by atoms with Gasteiger partial charge < -0.3 is 9.80 Å². The van der Waals surface area contributed by atoms with E-state index in [1.165, 1.54) is 10.7 Å². The average molecular weight is 493 g/mol. The minimum absolute atomic E-state index is 0.107. The van der Waals surface area contributed by atoms with Crippen molar-refractivity contribution in [3.05, 3.63) is 29.8 Å². The standard InChI is InChI=1S/C25H40N4O4S/c1-4-28(5-2)34(32,33)23-12-9-22(10-13-23)11-14-24(30)27-18-16-26(17-19-27)20-25(31)29-15-7-6-8-21(29)3/h9-10,12-13,21H,4-8,11,14-20H2,1-3H3. The van der Waals surface area contributed by atoms with Crippen LogP contribution in [0.3, 0.4) is 0 Å². The van der Waals surface area contributed by atoms with E-state index in [2.05, 4.69) is 11.8 Å². The summed E-state index contributed by atoms with van der Waals surface area (Å²) in [5.74, 6) is 0.314. The lowest BCUT2D eigenvalue weighted by Gasteiger charge is -2.38. The Morgan fingerprint density at radius 3 is 2.18 bits per heavy atom. The molecule has 34 heavy (non-hydrogen) atoms. The lowest BCUT2D eigenvalue weighted by molar-refractivity contribution is -0.137. The Labute approximate surface area is 204 Å². The zero-order valence-corrected chi connectivity index (χ0v) is 21.7. The number of likely N-dealkylation sites (tertiary alicyclic amines) is 1. The average Bonchev–Trinajstić information content (AvgIpc) is 2.84. The highest BCUT2D eigenvalue weighted by Crippen LogP contribution is 2.18.